The van der Waals surface area contributed by atoms with E-state index in [-0.39, 0.29) is 23.5 Å². The number of pyridine rings is 1. The normalized spacial score (nSPS) is 22.9. The van der Waals surface area contributed by atoms with Gasteiger partial charge in [-0.25, -0.2) is 14.2 Å². The fraction of sp³-hybridized carbons (Fsp3) is 0.391. The van der Waals surface area contributed by atoms with Crippen LogP contribution in [0.25, 0.3) is 0 Å². The van der Waals surface area contributed by atoms with Crippen molar-refractivity contribution in [2.45, 2.75) is 31.2 Å². The summed E-state index contributed by atoms with van der Waals surface area (Å²) in [6, 6.07) is 8.35. The first-order valence-corrected chi connectivity index (χ1v) is 10.7. The molecule has 4 rings (SSSR count). The van der Waals surface area contributed by atoms with Gasteiger partial charge in [-0.2, -0.15) is 0 Å². The van der Waals surface area contributed by atoms with Gasteiger partial charge in [0.05, 0.1) is 5.92 Å². The number of nitrogen functional groups attached to an aromatic ring is 1. The molecule has 2 saturated heterocycles. The van der Waals surface area contributed by atoms with Crippen LogP contribution in [0.5, 0.6) is 0 Å². The zero-order valence-corrected chi connectivity index (χ0v) is 17.8. The van der Waals surface area contributed by atoms with Crippen LogP contribution in [0, 0.1) is 11.7 Å². The number of likely N-dealkylation sites (N-methyl/N-ethyl adjacent to an activating group) is 1. The van der Waals surface area contributed by atoms with Crippen molar-refractivity contribution in [3.05, 3.63) is 59.5 Å². The van der Waals surface area contributed by atoms with Gasteiger partial charge in [0, 0.05) is 32.3 Å². The van der Waals surface area contributed by atoms with Gasteiger partial charge in [0.2, 0.25) is 11.8 Å². The summed E-state index contributed by atoms with van der Waals surface area (Å²) in [5.74, 6) is -1.31. The molecule has 2 aliphatic heterocycles. The molecule has 1 unspecified atom stereocenters. The van der Waals surface area contributed by atoms with Crippen LogP contribution in [-0.2, 0) is 16.0 Å². The third-order valence-electron chi connectivity index (χ3n) is 6.27. The number of amides is 4. The lowest BCUT2D eigenvalue weighted by Crippen LogP contribution is -2.70. The van der Waals surface area contributed by atoms with Gasteiger partial charge in [-0.05, 0) is 54.7 Å². The summed E-state index contributed by atoms with van der Waals surface area (Å²) < 4.78 is 13.3. The topological polar surface area (TPSA) is 109 Å². The Hall–Kier alpha value is -3.49. The van der Waals surface area contributed by atoms with Crippen LogP contribution in [0.4, 0.5) is 15.0 Å². The molecule has 8 nitrogen and oxygen atoms in total. The van der Waals surface area contributed by atoms with E-state index in [0.717, 1.165) is 28.9 Å². The quantitative estimate of drug-likeness (QED) is 0.708. The fourth-order valence-corrected chi connectivity index (χ4v) is 4.59. The first kappa shape index (κ1) is 21.7. The summed E-state index contributed by atoms with van der Waals surface area (Å²) in [6.07, 6.45) is 3.48. The van der Waals surface area contributed by atoms with Crippen LogP contribution >= 0.6 is 0 Å². The lowest BCUT2D eigenvalue weighted by molar-refractivity contribution is -0.158. The molecule has 9 heteroatoms. The number of nitrogens with two attached hydrogens (primary N) is 1. The van der Waals surface area contributed by atoms with Crippen molar-refractivity contribution in [1.82, 2.24) is 20.1 Å². The van der Waals surface area contributed by atoms with Crippen molar-refractivity contribution in [1.29, 1.82) is 0 Å². The lowest BCUT2D eigenvalue weighted by atomic mass is 9.82. The number of carbonyl (C=O) groups excluding carboxylic acids is 3. The number of β-lactam (4-membered cyclic amide) rings is 1. The summed E-state index contributed by atoms with van der Waals surface area (Å²) in [6.45, 7) is 0.923. The Morgan fingerprint density at radius 3 is 2.69 bits per heavy atom. The van der Waals surface area contributed by atoms with E-state index >= 15 is 0 Å². The Balaban J connectivity index is 1.49. The van der Waals surface area contributed by atoms with E-state index in [1.54, 1.807) is 35.4 Å². The van der Waals surface area contributed by atoms with Crippen molar-refractivity contribution >= 4 is 23.7 Å². The Morgan fingerprint density at radius 2 is 2.00 bits per heavy atom. The third kappa shape index (κ3) is 4.15. The summed E-state index contributed by atoms with van der Waals surface area (Å²) in [4.78, 5) is 45.4. The van der Waals surface area contributed by atoms with E-state index in [2.05, 4.69) is 10.3 Å². The van der Waals surface area contributed by atoms with Crippen LogP contribution < -0.4 is 11.1 Å². The molecule has 3 N–H and O–H groups in total. The Kier molecular flexibility index (Phi) is 6.07. The van der Waals surface area contributed by atoms with Crippen molar-refractivity contribution < 1.29 is 18.8 Å². The van der Waals surface area contributed by atoms with Crippen LogP contribution in [0.3, 0.4) is 0 Å². The predicted octanol–water partition coefficient (Wildman–Crippen LogP) is 1.92. The molecule has 1 aromatic heterocycles. The number of imide groups is 1. The number of benzene rings is 1. The highest BCUT2D eigenvalue weighted by molar-refractivity contribution is 6.09. The molecule has 2 fully saturated rings. The molecule has 3 atom stereocenters. The highest BCUT2D eigenvalue weighted by atomic mass is 19.1. The molecule has 2 aromatic rings. The Bertz CT molecular complexity index is 1030. The number of hydrogen-bond donors (Lipinski definition) is 2. The molecule has 0 spiro atoms. The largest absolute Gasteiger partial charge is 0.384 e. The monoisotopic (exact) mass is 439 g/mol. The fourth-order valence-electron chi connectivity index (χ4n) is 4.59. The number of hydrogen-bond acceptors (Lipinski definition) is 5. The third-order valence-corrected chi connectivity index (χ3v) is 6.27. The first-order valence-electron chi connectivity index (χ1n) is 10.7. The number of anilines is 1. The Labute approximate surface area is 185 Å². The summed E-state index contributed by atoms with van der Waals surface area (Å²) in [7, 11) is 1.49. The minimum atomic E-state index is -0.874. The first-order chi connectivity index (χ1) is 15.4. The lowest BCUT2D eigenvalue weighted by Gasteiger charge is -2.47. The van der Waals surface area contributed by atoms with Crippen molar-refractivity contribution in [2.75, 3.05) is 25.9 Å². The zero-order valence-electron chi connectivity index (χ0n) is 17.8. The maximum atomic E-state index is 13.3. The molecule has 3 heterocycles. The van der Waals surface area contributed by atoms with Crippen LogP contribution in [-0.4, -0.2) is 58.8 Å². The smallest absolute Gasteiger partial charge is 0.327 e. The van der Waals surface area contributed by atoms with Crippen molar-refractivity contribution in [3.63, 3.8) is 0 Å². The molecule has 1 aromatic carbocycles. The van der Waals surface area contributed by atoms with Crippen molar-refractivity contribution in [3.8, 4) is 0 Å². The number of likely N-dealkylation sites (tertiary alicyclic amines) is 2. The Morgan fingerprint density at radius 1 is 1.25 bits per heavy atom. The summed E-state index contributed by atoms with van der Waals surface area (Å²) in [5, 5.41) is 2.57. The van der Waals surface area contributed by atoms with Gasteiger partial charge in [-0.15, -0.1) is 0 Å². The minimum absolute atomic E-state index is 0.0544. The van der Waals surface area contributed by atoms with E-state index in [4.69, 9.17) is 5.73 Å². The molecule has 32 heavy (non-hydrogen) atoms. The number of piperidine rings is 1. The van der Waals surface area contributed by atoms with Crippen molar-refractivity contribution in [2.24, 2.45) is 5.92 Å². The molecular weight excluding hydrogens is 413 g/mol. The van der Waals surface area contributed by atoms with Gasteiger partial charge in [0.1, 0.15) is 17.7 Å². The SMILES string of the molecule is CNC(=O)[C@@H]1C(Cc2ccnc(N)c2)C(=O)N1C(=O)N1CCC[C@H](c2ccc(F)cc2)C1. The zero-order chi connectivity index (χ0) is 22.8. The second-order valence-electron chi connectivity index (χ2n) is 8.29. The summed E-state index contributed by atoms with van der Waals surface area (Å²) in [5.41, 5.74) is 7.46. The van der Waals surface area contributed by atoms with Gasteiger partial charge in [-0.1, -0.05) is 12.1 Å². The number of urea groups is 1. The molecular formula is C23H26FN5O3. The number of carbonyl (C=O) groups is 3. The number of halogens is 1. The van der Waals surface area contributed by atoms with E-state index < -0.39 is 18.0 Å². The van der Waals surface area contributed by atoms with Gasteiger partial charge in [0.25, 0.3) is 0 Å². The highest BCUT2D eigenvalue weighted by Gasteiger charge is 2.55. The van der Waals surface area contributed by atoms with E-state index in [0.29, 0.717) is 25.3 Å². The van der Waals surface area contributed by atoms with Crippen LogP contribution in [0.15, 0.2) is 42.6 Å². The maximum absolute atomic E-state index is 13.3. The molecule has 2 aliphatic rings. The molecule has 0 radical (unpaired) electrons. The van der Waals surface area contributed by atoms with Gasteiger partial charge >= 0.3 is 6.03 Å². The second-order valence-corrected chi connectivity index (χ2v) is 8.29. The molecule has 168 valence electrons. The minimum Gasteiger partial charge on any atom is -0.384 e. The van der Waals surface area contributed by atoms with E-state index in [1.807, 2.05) is 0 Å². The average molecular weight is 439 g/mol. The average Bonchev–Trinajstić information content (AvgIpc) is 2.80. The molecule has 0 aliphatic carbocycles. The predicted molar refractivity (Wildman–Crippen MR) is 116 cm³/mol. The van der Waals surface area contributed by atoms with E-state index in [9.17, 15) is 18.8 Å². The number of nitrogens with one attached hydrogen (secondary N) is 1. The molecule has 4 amide bonds. The van der Waals surface area contributed by atoms with Gasteiger partial charge in [0.15, 0.2) is 0 Å². The van der Waals surface area contributed by atoms with Gasteiger partial charge < -0.3 is 16.0 Å². The maximum Gasteiger partial charge on any atom is 0.327 e. The second kappa shape index (κ2) is 8.94. The summed E-state index contributed by atoms with van der Waals surface area (Å²) >= 11 is 0. The number of rotatable bonds is 4. The van der Waals surface area contributed by atoms with Crippen LogP contribution in [0.2, 0.25) is 0 Å². The molecule has 0 saturated carbocycles. The van der Waals surface area contributed by atoms with Crippen LogP contribution in [0.1, 0.15) is 29.9 Å². The number of aromatic nitrogens is 1. The van der Waals surface area contributed by atoms with E-state index in [1.165, 1.54) is 19.2 Å². The number of nitrogens with zero attached hydrogens (tertiary/aromatic N) is 3. The van der Waals surface area contributed by atoms with Gasteiger partial charge in [-0.3, -0.25) is 14.5 Å². The molecule has 0 bridgehead atoms. The standard InChI is InChI=1S/C23H26FN5O3/c1-26-21(30)20-18(11-14-8-9-27-19(25)12-14)22(31)29(20)23(32)28-10-2-3-16(13-28)15-4-6-17(24)7-5-15/h4-9,12,16,18,20H,2-3,10-11,13H2,1H3,(H2,25,27)(H,26,30)/t16-,18?,20-/m0/s1. The highest BCUT2D eigenvalue weighted by Crippen LogP contribution is 2.34.